The smallest absolute Gasteiger partial charge is 0.327 e. The number of esters is 1. The quantitative estimate of drug-likeness (QED) is 0.577. The molecule has 0 aliphatic carbocycles. The molecule has 0 aliphatic heterocycles. The number of methoxy groups -OCH3 is 1. The summed E-state index contributed by atoms with van der Waals surface area (Å²) in [4.78, 5) is 23.1. The van der Waals surface area contributed by atoms with Crippen LogP contribution in [-0.4, -0.2) is 29.4 Å². The van der Waals surface area contributed by atoms with Crippen molar-refractivity contribution in [2.75, 3.05) is 19.0 Å². The van der Waals surface area contributed by atoms with Crippen molar-refractivity contribution in [1.29, 1.82) is 0 Å². The molecule has 0 amide bonds. The summed E-state index contributed by atoms with van der Waals surface area (Å²) in [5.74, 6) is -0.508. The molecule has 0 bridgehead atoms. The van der Waals surface area contributed by atoms with Crippen LogP contribution in [0.5, 0.6) is 0 Å². The van der Waals surface area contributed by atoms with Gasteiger partial charge in [-0.1, -0.05) is 26.2 Å². The molecular weight excluding hydrogens is 326 g/mol. The van der Waals surface area contributed by atoms with Crippen LogP contribution in [0.3, 0.4) is 0 Å². The predicted molar refractivity (Wildman–Crippen MR) is 80.8 cm³/mol. The van der Waals surface area contributed by atoms with Crippen molar-refractivity contribution in [1.82, 2.24) is 9.78 Å². The van der Waals surface area contributed by atoms with Crippen LogP contribution in [0.25, 0.3) is 0 Å². The van der Waals surface area contributed by atoms with Gasteiger partial charge in [-0.3, -0.25) is 9.59 Å². The molecule has 0 fully saturated rings. The van der Waals surface area contributed by atoms with Crippen LogP contribution >= 0.6 is 15.9 Å². The van der Waals surface area contributed by atoms with E-state index >= 15 is 0 Å². The highest BCUT2D eigenvalue weighted by Gasteiger charge is 2.11. The van der Waals surface area contributed by atoms with Crippen molar-refractivity contribution >= 4 is 27.6 Å². The lowest BCUT2D eigenvalue weighted by molar-refractivity contribution is -0.141. The summed E-state index contributed by atoms with van der Waals surface area (Å²) in [7, 11) is 1.27. The lowest BCUT2D eigenvalue weighted by Crippen LogP contribution is -2.28. The second kappa shape index (κ2) is 8.73. The Morgan fingerprint density at radius 3 is 2.85 bits per heavy atom. The van der Waals surface area contributed by atoms with Gasteiger partial charge in [0, 0.05) is 6.54 Å². The minimum absolute atomic E-state index is 0.190. The van der Waals surface area contributed by atoms with E-state index in [1.54, 1.807) is 0 Å². The summed E-state index contributed by atoms with van der Waals surface area (Å²) in [6.45, 7) is 2.76. The van der Waals surface area contributed by atoms with Gasteiger partial charge < -0.3 is 10.1 Å². The third-order valence-corrected chi connectivity index (χ3v) is 3.60. The number of halogens is 1. The molecule has 1 rings (SSSR count). The van der Waals surface area contributed by atoms with Gasteiger partial charge in [0.1, 0.15) is 11.0 Å². The van der Waals surface area contributed by atoms with Crippen LogP contribution in [-0.2, 0) is 16.1 Å². The third kappa shape index (κ3) is 4.96. The van der Waals surface area contributed by atoms with Crippen molar-refractivity contribution in [3.8, 4) is 0 Å². The number of rotatable bonds is 8. The monoisotopic (exact) mass is 345 g/mol. The van der Waals surface area contributed by atoms with Crippen LogP contribution in [0, 0.1) is 0 Å². The van der Waals surface area contributed by atoms with Crippen molar-refractivity contribution in [2.24, 2.45) is 0 Å². The number of aromatic nitrogens is 2. The Bertz CT molecular complexity index is 502. The van der Waals surface area contributed by atoms with E-state index in [-0.39, 0.29) is 12.1 Å². The zero-order valence-electron chi connectivity index (χ0n) is 11.8. The Morgan fingerprint density at radius 2 is 2.20 bits per heavy atom. The molecule has 0 spiro atoms. The van der Waals surface area contributed by atoms with Crippen LogP contribution in [0.15, 0.2) is 15.5 Å². The van der Waals surface area contributed by atoms with E-state index < -0.39 is 5.97 Å². The Hall–Kier alpha value is -1.37. The fourth-order valence-electron chi connectivity index (χ4n) is 1.66. The maximum atomic E-state index is 12.0. The molecule has 0 aromatic carbocycles. The lowest BCUT2D eigenvalue weighted by atomic mass is 10.2. The van der Waals surface area contributed by atoms with Gasteiger partial charge in [0.2, 0.25) is 0 Å². The Morgan fingerprint density at radius 1 is 1.45 bits per heavy atom. The molecule has 0 radical (unpaired) electrons. The number of nitrogens with one attached hydrogen (secondary N) is 1. The fourth-order valence-corrected chi connectivity index (χ4v) is 2.11. The molecule has 1 aromatic heterocycles. The zero-order chi connectivity index (χ0) is 15.0. The average molecular weight is 346 g/mol. The number of hydrogen-bond acceptors (Lipinski definition) is 5. The van der Waals surface area contributed by atoms with Crippen LogP contribution in [0.2, 0.25) is 0 Å². The molecule has 6 nitrogen and oxygen atoms in total. The topological polar surface area (TPSA) is 73.2 Å². The van der Waals surface area contributed by atoms with Crippen molar-refractivity contribution in [2.45, 2.75) is 39.2 Å². The molecule has 1 heterocycles. The molecule has 0 atom stereocenters. The first-order chi connectivity index (χ1) is 9.60. The molecule has 0 saturated heterocycles. The van der Waals surface area contributed by atoms with Gasteiger partial charge in [0.25, 0.3) is 5.56 Å². The van der Waals surface area contributed by atoms with Gasteiger partial charge in [-0.2, -0.15) is 5.10 Å². The summed E-state index contributed by atoms with van der Waals surface area (Å²) in [5, 5.41) is 7.12. The SMILES string of the molecule is CCCCCCNc1cnn(CC(=O)OC)c(=O)c1Br. The minimum Gasteiger partial charge on any atom is -0.468 e. The number of ether oxygens (including phenoxy) is 1. The van der Waals surface area contributed by atoms with Crippen LogP contribution in [0.1, 0.15) is 32.6 Å². The largest absolute Gasteiger partial charge is 0.468 e. The first kappa shape index (κ1) is 16.7. The normalized spacial score (nSPS) is 10.3. The van der Waals surface area contributed by atoms with Gasteiger partial charge >= 0.3 is 5.97 Å². The highest BCUT2D eigenvalue weighted by molar-refractivity contribution is 9.10. The summed E-state index contributed by atoms with van der Waals surface area (Å²) in [6, 6.07) is 0. The van der Waals surface area contributed by atoms with E-state index in [9.17, 15) is 9.59 Å². The molecule has 112 valence electrons. The van der Waals surface area contributed by atoms with Crippen LogP contribution in [0.4, 0.5) is 5.69 Å². The molecular formula is C13H20BrN3O3. The number of hydrogen-bond donors (Lipinski definition) is 1. The van der Waals surface area contributed by atoms with Gasteiger partial charge in [-0.15, -0.1) is 0 Å². The Labute approximate surface area is 126 Å². The minimum atomic E-state index is -0.508. The van der Waals surface area contributed by atoms with Gasteiger partial charge in [-0.25, -0.2) is 4.68 Å². The average Bonchev–Trinajstić information content (AvgIpc) is 2.45. The number of carbonyl (C=O) groups is 1. The number of anilines is 1. The predicted octanol–water partition coefficient (Wildman–Crippen LogP) is 2.17. The van der Waals surface area contributed by atoms with Crippen molar-refractivity contribution in [3.05, 3.63) is 21.0 Å². The summed E-state index contributed by atoms with van der Waals surface area (Å²) >= 11 is 3.24. The summed E-state index contributed by atoms with van der Waals surface area (Å²) < 4.78 is 5.96. The molecule has 0 aliphatic rings. The number of nitrogens with zero attached hydrogens (tertiary/aromatic N) is 2. The zero-order valence-corrected chi connectivity index (χ0v) is 13.4. The van der Waals surface area contributed by atoms with E-state index in [4.69, 9.17) is 0 Å². The van der Waals surface area contributed by atoms with E-state index in [1.165, 1.54) is 26.1 Å². The fraction of sp³-hybridized carbons (Fsp3) is 0.615. The molecule has 1 aromatic rings. The van der Waals surface area contributed by atoms with Crippen LogP contribution < -0.4 is 10.9 Å². The van der Waals surface area contributed by atoms with E-state index in [0.717, 1.165) is 24.1 Å². The lowest BCUT2D eigenvalue weighted by Gasteiger charge is -2.09. The van der Waals surface area contributed by atoms with E-state index in [0.29, 0.717) is 10.2 Å². The Balaban J connectivity index is 2.64. The maximum Gasteiger partial charge on any atom is 0.327 e. The first-order valence-corrected chi connectivity index (χ1v) is 7.45. The number of unbranched alkanes of at least 4 members (excludes halogenated alkanes) is 3. The van der Waals surface area contributed by atoms with E-state index in [1.807, 2.05) is 0 Å². The summed E-state index contributed by atoms with van der Waals surface area (Å²) in [5.41, 5.74) is 0.293. The second-order valence-corrected chi connectivity index (χ2v) is 5.19. The molecule has 7 heteroatoms. The number of carbonyl (C=O) groups excluding carboxylic acids is 1. The molecule has 20 heavy (non-hydrogen) atoms. The highest BCUT2D eigenvalue weighted by Crippen LogP contribution is 2.16. The second-order valence-electron chi connectivity index (χ2n) is 4.40. The summed E-state index contributed by atoms with van der Waals surface area (Å²) in [6.07, 6.45) is 6.14. The van der Waals surface area contributed by atoms with Gasteiger partial charge in [0.05, 0.1) is 19.0 Å². The van der Waals surface area contributed by atoms with Crippen molar-refractivity contribution < 1.29 is 9.53 Å². The first-order valence-electron chi connectivity index (χ1n) is 6.66. The third-order valence-electron chi connectivity index (χ3n) is 2.84. The van der Waals surface area contributed by atoms with Crippen molar-refractivity contribution in [3.63, 3.8) is 0 Å². The maximum absolute atomic E-state index is 12.0. The molecule has 0 saturated carbocycles. The van der Waals surface area contributed by atoms with Gasteiger partial charge in [-0.05, 0) is 22.4 Å². The molecule has 0 unspecified atom stereocenters. The van der Waals surface area contributed by atoms with E-state index in [2.05, 4.69) is 38.0 Å². The standard InChI is InChI=1S/C13H20BrN3O3/c1-3-4-5-6-7-15-10-8-16-17(9-11(18)20-2)13(19)12(10)14/h8,15H,3-7,9H2,1-2H3. The Kier molecular flexibility index (Phi) is 7.28. The molecule has 1 N–H and O–H groups in total. The van der Waals surface area contributed by atoms with Gasteiger partial charge in [0.15, 0.2) is 0 Å². The highest BCUT2D eigenvalue weighted by atomic mass is 79.9.